The van der Waals surface area contributed by atoms with Crippen LogP contribution in [0.2, 0.25) is 0 Å². The number of para-hydroxylation sites is 3. The molecule has 0 amide bonds. The molecule has 0 aliphatic heterocycles. The Morgan fingerprint density at radius 1 is 0.463 bits per heavy atom. The van der Waals surface area contributed by atoms with Gasteiger partial charge in [-0.3, -0.25) is 9.13 Å². The van der Waals surface area contributed by atoms with E-state index in [0.717, 1.165) is 55.6 Å². The average molecular weight is 704 g/mol. The Morgan fingerprint density at radius 2 is 1.09 bits per heavy atom. The van der Waals surface area contributed by atoms with Gasteiger partial charge in [0.05, 0.1) is 22.1 Å². The van der Waals surface area contributed by atoms with Crippen molar-refractivity contribution in [3.05, 3.63) is 151 Å². The summed E-state index contributed by atoms with van der Waals surface area (Å²) in [5, 5.41) is 2.31. The first-order valence-corrected chi connectivity index (χ1v) is 18.4. The predicted octanol–water partition coefficient (Wildman–Crippen LogP) is 11.3. The predicted molar refractivity (Wildman–Crippen MR) is 220 cm³/mol. The van der Waals surface area contributed by atoms with Crippen molar-refractivity contribution >= 4 is 32.8 Å². The molecule has 4 aromatic heterocycles. The standard InChI is InChI=1S/C47H41N7/c1-46(2,3)33-21-18-30(19-22-33)43-50-44(31-12-11-13-35(26-31)53-29-49-38-15-8-10-17-40(38)53)52-45(51-43)32-20-23-37-36-14-7-9-16-39(36)54(41(37)27-32)42-28-34(24-25-48-42)47(4,5)6/h7-29H,1-6H3. The smallest absolute Gasteiger partial charge is 0.164 e. The van der Waals surface area contributed by atoms with E-state index in [9.17, 15) is 0 Å². The fourth-order valence-electron chi connectivity index (χ4n) is 7.21. The summed E-state index contributed by atoms with van der Waals surface area (Å²) >= 11 is 0. The molecule has 9 aromatic rings. The lowest BCUT2D eigenvalue weighted by Gasteiger charge is -2.20. The Hall–Kier alpha value is -6.47. The van der Waals surface area contributed by atoms with Crippen LogP contribution in [0, 0.1) is 0 Å². The zero-order chi connectivity index (χ0) is 37.2. The molecule has 0 radical (unpaired) electrons. The normalized spacial score (nSPS) is 12.3. The van der Waals surface area contributed by atoms with Gasteiger partial charge in [0.25, 0.3) is 0 Å². The Morgan fingerprint density at radius 3 is 1.83 bits per heavy atom. The molecule has 0 spiro atoms. The van der Waals surface area contributed by atoms with Gasteiger partial charge in [0.15, 0.2) is 17.5 Å². The maximum atomic E-state index is 5.18. The maximum Gasteiger partial charge on any atom is 0.164 e. The van der Waals surface area contributed by atoms with Crippen LogP contribution < -0.4 is 0 Å². The molecule has 0 saturated heterocycles. The molecule has 0 atom stereocenters. The summed E-state index contributed by atoms with van der Waals surface area (Å²) in [5.74, 6) is 2.70. The molecule has 9 rings (SSSR count). The number of pyridine rings is 1. The van der Waals surface area contributed by atoms with E-state index in [1.165, 1.54) is 16.5 Å². The van der Waals surface area contributed by atoms with Gasteiger partial charge in [-0.25, -0.2) is 24.9 Å². The van der Waals surface area contributed by atoms with Crippen molar-refractivity contribution in [3.63, 3.8) is 0 Å². The second-order valence-electron chi connectivity index (χ2n) is 16.0. The Kier molecular flexibility index (Phi) is 7.78. The minimum atomic E-state index is -0.0212. The summed E-state index contributed by atoms with van der Waals surface area (Å²) in [6, 6.07) is 44.4. The van der Waals surface area contributed by atoms with Gasteiger partial charge in [0.1, 0.15) is 12.1 Å². The van der Waals surface area contributed by atoms with E-state index in [1.54, 1.807) is 0 Å². The van der Waals surface area contributed by atoms with Crippen molar-refractivity contribution in [1.29, 1.82) is 0 Å². The van der Waals surface area contributed by atoms with Crippen molar-refractivity contribution < 1.29 is 0 Å². The van der Waals surface area contributed by atoms with Gasteiger partial charge >= 0.3 is 0 Å². The average Bonchev–Trinajstić information content (AvgIpc) is 3.76. The summed E-state index contributed by atoms with van der Waals surface area (Å²) in [5.41, 5.74) is 10.3. The Bertz CT molecular complexity index is 2850. The minimum absolute atomic E-state index is 0.0212. The number of nitrogens with zero attached hydrogens (tertiary/aromatic N) is 7. The number of hydrogen-bond donors (Lipinski definition) is 0. The van der Waals surface area contributed by atoms with E-state index in [4.69, 9.17) is 19.9 Å². The lowest BCUT2D eigenvalue weighted by molar-refractivity contribution is 0.588. The largest absolute Gasteiger partial charge is 0.299 e. The van der Waals surface area contributed by atoms with Crippen LogP contribution in [0.4, 0.5) is 0 Å². The molecule has 7 nitrogen and oxygen atoms in total. The van der Waals surface area contributed by atoms with Crippen molar-refractivity contribution in [2.45, 2.75) is 52.4 Å². The first kappa shape index (κ1) is 33.4. The molecule has 0 aliphatic carbocycles. The third-order valence-corrected chi connectivity index (χ3v) is 10.3. The van der Waals surface area contributed by atoms with Gasteiger partial charge in [-0.15, -0.1) is 0 Å². The van der Waals surface area contributed by atoms with Gasteiger partial charge < -0.3 is 0 Å². The number of imidazole rings is 1. The van der Waals surface area contributed by atoms with Crippen LogP contribution in [0.15, 0.2) is 140 Å². The third kappa shape index (κ3) is 5.92. The molecule has 54 heavy (non-hydrogen) atoms. The van der Waals surface area contributed by atoms with Gasteiger partial charge in [-0.05, 0) is 70.5 Å². The Labute approximate surface area is 315 Å². The minimum Gasteiger partial charge on any atom is -0.299 e. The first-order chi connectivity index (χ1) is 26.0. The molecule has 5 aromatic carbocycles. The number of benzene rings is 5. The number of rotatable bonds is 5. The zero-order valence-electron chi connectivity index (χ0n) is 31.4. The van der Waals surface area contributed by atoms with E-state index in [-0.39, 0.29) is 10.8 Å². The molecule has 7 heteroatoms. The van der Waals surface area contributed by atoms with Crippen LogP contribution in [0.5, 0.6) is 0 Å². The highest BCUT2D eigenvalue weighted by Gasteiger charge is 2.20. The van der Waals surface area contributed by atoms with Crippen molar-refractivity contribution in [2.75, 3.05) is 0 Å². The molecule has 0 N–H and O–H groups in total. The molecular weight excluding hydrogens is 663 g/mol. The summed E-state index contributed by atoms with van der Waals surface area (Å²) in [6.45, 7) is 13.4. The van der Waals surface area contributed by atoms with E-state index < -0.39 is 0 Å². The maximum absolute atomic E-state index is 5.18. The van der Waals surface area contributed by atoms with Gasteiger partial charge in [0, 0.05) is 39.3 Å². The summed E-state index contributed by atoms with van der Waals surface area (Å²) in [4.78, 5) is 25.0. The SMILES string of the molecule is CC(C)(C)c1ccc(-c2nc(-c3cccc(-n4cnc5ccccc54)c3)nc(-c3ccc4c5ccccc5n(-c5cc(C(C)(C)C)ccn5)c4c3)n2)cc1. The second kappa shape index (κ2) is 12.6. The van der Waals surface area contributed by atoms with Crippen LogP contribution in [-0.2, 0) is 10.8 Å². The van der Waals surface area contributed by atoms with Crippen molar-refractivity contribution in [1.82, 2.24) is 34.1 Å². The van der Waals surface area contributed by atoms with E-state index in [2.05, 4.69) is 159 Å². The van der Waals surface area contributed by atoms with E-state index in [0.29, 0.717) is 17.5 Å². The number of hydrogen-bond acceptors (Lipinski definition) is 5. The van der Waals surface area contributed by atoms with Crippen molar-refractivity contribution in [3.8, 4) is 45.7 Å². The van der Waals surface area contributed by atoms with E-state index in [1.807, 2.05) is 36.8 Å². The highest BCUT2D eigenvalue weighted by Crippen LogP contribution is 2.36. The lowest BCUT2D eigenvalue weighted by atomic mass is 9.87. The van der Waals surface area contributed by atoms with Gasteiger partial charge in [-0.1, -0.05) is 120 Å². The second-order valence-corrected chi connectivity index (χ2v) is 16.0. The molecular formula is C47H41N7. The van der Waals surface area contributed by atoms with E-state index >= 15 is 0 Å². The molecule has 0 bridgehead atoms. The lowest BCUT2D eigenvalue weighted by Crippen LogP contribution is -2.12. The Balaban J connectivity index is 1.24. The van der Waals surface area contributed by atoms with Crippen LogP contribution >= 0.6 is 0 Å². The summed E-state index contributed by atoms with van der Waals surface area (Å²) in [6.07, 6.45) is 3.78. The number of aromatic nitrogens is 7. The molecule has 264 valence electrons. The molecule has 0 saturated carbocycles. The van der Waals surface area contributed by atoms with Crippen LogP contribution in [-0.4, -0.2) is 34.1 Å². The first-order valence-electron chi connectivity index (χ1n) is 18.4. The van der Waals surface area contributed by atoms with Crippen molar-refractivity contribution in [2.24, 2.45) is 0 Å². The highest BCUT2D eigenvalue weighted by molar-refractivity contribution is 6.10. The fraction of sp³-hybridized carbons (Fsp3) is 0.170. The highest BCUT2D eigenvalue weighted by atomic mass is 15.1. The number of fused-ring (bicyclic) bond motifs is 4. The molecule has 0 unspecified atom stereocenters. The van der Waals surface area contributed by atoms with Crippen LogP contribution in [0.25, 0.3) is 78.5 Å². The van der Waals surface area contributed by atoms with Crippen LogP contribution in [0.3, 0.4) is 0 Å². The molecule has 0 fully saturated rings. The van der Waals surface area contributed by atoms with Gasteiger partial charge in [0.2, 0.25) is 0 Å². The van der Waals surface area contributed by atoms with Gasteiger partial charge in [-0.2, -0.15) is 0 Å². The molecule has 4 heterocycles. The zero-order valence-corrected chi connectivity index (χ0v) is 31.4. The fourth-order valence-corrected chi connectivity index (χ4v) is 7.21. The monoisotopic (exact) mass is 703 g/mol. The third-order valence-electron chi connectivity index (χ3n) is 10.3. The summed E-state index contributed by atoms with van der Waals surface area (Å²) < 4.78 is 4.36. The topological polar surface area (TPSA) is 74.3 Å². The molecule has 0 aliphatic rings. The quantitative estimate of drug-likeness (QED) is 0.178. The van der Waals surface area contributed by atoms with Crippen LogP contribution in [0.1, 0.15) is 52.7 Å². The summed E-state index contributed by atoms with van der Waals surface area (Å²) in [7, 11) is 0.